The van der Waals surface area contributed by atoms with Gasteiger partial charge in [-0.25, -0.2) is 0 Å². The molecule has 3 rings (SSSR count). The molecule has 2 aliphatic heterocycles. The Bertz CT molecular complexity index is 435. The highest BCUT2D eigenvalue weighted by molar-refractivity contribution is 5.29. The normalized spacial score (nSPS) is 28.5. The Morgan fingerprint density at radius 3 is 2.63 bits per heavy atom. The van der Waals surface area contributed by atoms with E-state index < -0.39 is 0 Å². The number of aliphatic hydroxyl groups excluding tert-OH is 1. The van der Waals surface area contributed by atoms with Crippen molar-refractivity contribution in [3.05, 3.63) is 35.4 Å². The number of likely N-dealkylation sites (tertiary alicyclic amines) is 1. The van der Waals surface area contributed by atoms with E-state index in [0.29, 0.717) is 18.7 Å². The monoisotopic (exact) mass is 260 g/mol. The lowest BCUT2D eigenvalue weighted by Gasteiger charge is -2.33. The maximum Gasteiger partial charge on any atom is 0.0586 e. The Hall–Kier alpha value is -0.900. The van der Waals surface area contributed by atoms with Gasteiger partial charge in [0.2, 0.25) is 0 Å². The van der Waals surface area contributed by atoms with E-state index in [1.165, 1.54) is 30.5 Å². The molecular weight excluding hydrogens is 236 g/mol. The summed E-state index contributed by atoms with van der Waals surface area (Å²) in [7, 11) is 2.16. The predicted molar refractivity (Wildman–Crippen MR) is 77.1 cm³/mol. The van der Waals surface area contributed by atoms with Crippen molar-refractivity contribution in [3.8, 4) is 0 Å². The molecule has 0 amide bonds. The Morgan fingerprint density at radius 1 is 1.16 bits per heavy atom. The smallest absolute Gasteiger partial charge is 0.0586 e. The molecule has 0 spiro atoms. The lowest BCUT2D eigenvalue weighted by molar-refractivity contribution is 0.125. The molecule has 19 heavy (non-hydrogen) atoms. The standard InChI is InChI=1S/C16H24N2O/c1-17-15(6-7-16(17)12-19)11-18-9-8-13-4-2-3-5-14(13)10-18/h2-5,15-16,19H,6-12H2,1H3/t15-,16+/m0/s1. The fourth-order valence-corrected chi connectivity index (χ4v) is 3.54. The van der Waals surface area contributed by atoms with Gasteiger partial charge in [-0.2, -0.15) is 0 Å². The molecule has 3 heteroatoms. The van der Waals surface area contributed by atoms with Gasteiger partial charge >= 0.3 is 0 Å². The highest BCUT2D eigenvalue weighted by atomic mass is 16.3. The fourth-order valence-electron chi connectivity index (χ4n) is 3.54. The summed E-state index contributed by atoms with van der Waals surface area (Å²) < 4.78 is 0. The molecule has 0 aromatic heterocycles. The van der Waals surface area contributed by atoms with Gasteiger partial charge in [0.05, 0.1) is 6.61 Å². The molecule has 1 fully saturated rings. The second kappa shape index (κ2) is 5.61. The average molecular weight is 260 g/mol. The van der Waals surface area contributed by atoms with Gasteiger partial charge in [0.1, 0.15) is 0 Å². The van der Waals surface area contributed by atoms with Gasteiger partial charge in [0, 0.05) is 31.7 Å². The van der Waals surface area contributed by atoms with Crippen molar-refractivity contribution >= 4 is 0 Å². The molecule has 0 unspecified atom stereocenters. The zero-order valence-electron chi connectivity index (χ0n) is 11.8. The molecule has 3 nitrogen and oxygen atoms in total. The number of likely N-dealkylation sites (N-methyl/N-ethyl adjacent to an activating group) is 1. The lowest BCUT2D eigenvalue weighted by atomic mass is 9.99. The van der Waals surface area contributed by atoms with Gasteiger partial charge in [-0.15, -0.1) is 0 Å². The van der Waals surface area contributed by atoms with E-state index in [9.17, 15) is 5.11 Å². The van der Waals surface area contributed by atoms with Crippen molar-refractivity contribution in [2.24, 2.45) is 0 Å². The molecule has 1 aromatic rings. The maximum absolute atomic E-state index is 9.33. The van der Waals surface area contributed by atoms with Crippen LogP contribution in [0.3, 0.4) is 0 Å². The first-order chi connectivity index (χ1) is 9.28. The molecular formula is C16H24N2O. The number of benzene rings is 1. The zero-order chi connectivity index (χ0) is 13.2. The number of fused-ring (bicyclic) bond motifs is 1. The molecule has 2 aliphatic rings. The van der Waals surface area contributed by atoms with Crippen LogP contribution in [0.15, 0.2) is 24.3 Å². The maximum atomic E-state index is 9.33. The van der Waals surface area contributed by atoms with Crippen molar-refractivity contribution in [2.45, 2.75) is 37.9 Å². The SMILES string of the molecule is CN1[C@@H](CO)CC[C@H]1CN1CCc2ccccc2C1. The van der Waals surface area contributed by atoms with E-state index in [0.717, 1.165) is 19.5 Å². The van der Waals surface area contributed by atoms with E-state index in [-0.39, 0.29) is 0 Å². The predicted octanol–water partition coefficient (Wildman–Crippen LogP) is 1.50. The van der Waals surface area contributed by atoms with Crippen LogP contribution in [0.5, 0.6) is 0 Å². The summed E-state index contributed by atoms with van der Waals surface area (Å²) in [6, 6.07) is 9.80. The topological polar surface area (TPSA) is 26.7 Å². The quantitative estimate of drug-likeness (QED) is 0.892. The molecule has 2 atom stereocenters. The second-order valence-corrected chi connectivity index (χ2v) is 5.99. The van der Waals surface area contributed by atoms with Crippen LogP contribution in [0.4, 0.5) is 0 Å². The number of nitrogens with zero attached hydrogens (tertiary/aromatic N) is 2. The molecule has 1 saturated heterocycles. The van der Waals surface area contributed by atoms with Crippen molar-refractivity contribution < 1.29 is 5.11 Å². The summed E-state index contributed by atoms with van der Waals surface area (Å²) in [5, 5.41) is 9.33. The van der Waals surface area contributed by atoms with E-state index in [1.54, 1.807) is 0 Å². The van der Waals surface area contributed by atoms with Crippen molar-refractivity contribution in [2.75, 3.05) is 26.7 Å². The van der Waals surface area contributed by atoms with Crippen molar-refractivity contribution in [1.29, 1.82) is 0 Å². The first-order valence-corrected chi connectivity index (χ1v) is 7.40. The molecule has 0 radical (unpaired) electrons. The Labute approximate surface area is 115 Å². The third-order valence-corrected chi connectivity index (χ3v) is 4.87. The lowest BCUT2D eigenvalue weighted by Crippen LogP contribution is -2.43. The largest absolute Gasteiger partial charge is 0.395 e. The first kappa shape index (κ1) is 13.1. The van der Waals surface area contributed by atoms with Gasteiger partial charge in [-0.3, -0.25) is 9.80 Å². The number of hydrogen-bond donors (Lipinski definition) is 1. The summed E-state index contributed by atoms with van der Waals surface area (Å²) in [5.74, 6) is 0. The summed E-state index contributed by atoms with van der Waals surface area (Å²) in [6.45, 7) is 3.70. The Morgan fingerprint density at radius 2 is 1.89 bits per heavy atom. The summed E-state index contributed by atoms with van der Waals surface area (Å²) in [5.41, 5.74) is 3.01. The van der Waals surface area contributed by atoms with Gasteiger partial charge in [-0.1, -0.05) is 24.3 Å². The van der Waals surface area contributed by atoms with Gasteiger partial charge < -0.3 is 5.11 Å². The third kappa shape index (κ3) is 2.69. The van der Waals surface area contributed by atoms with Crippen LogP contribution in [-0.4, -0.2) is 53.7 Å². The van der Waals surface area contributed by atoms with Gasteiger partial charge in [0.15, 0.2) is 0 Å². The van der Waals surface area contributed by atoms with Crippen LogP contribution in [-0.2, 0) is 13.0 Å². The summed E-state index contributed by atoms with van der Waals surface area (Å²) in [4.78, 5) is 4.95. The summed E-state index contributed by atoms with van der Waals surface area (Å²) >= 11 is 0. The van der Waals surface area contributed by atoms with Crippen LogP contribution in [0.1, 0.15) is 24.0 Å². The number of rotatable bonds is 3. The Balaban J connectivity index is 1.61. The van der Waals surface area contributed by atoms with Crippen molar-refractivity contribution in [3.63, 3.8) is 0 Å². The van der Waals surface area contributed by atoms with E-state index in [1.807, 2.05) is 0 Å². The second-order valence-electron chi connectivity index (χ2n) is 5.99. The van der Waals surface area contributed by atoms with Gasteiger partial charge in [-0.05, 0) is 37.4 Å². The molecule has 0 aliphatic carbocycles. The molecule has 0 bridgehead atoms. The van der Waals surface area contributed by atoms with E-state index in [2.05, 4.69) is 41.1 Å². The molecule has 0 saturated carbocycles. The minimum absolute atomic E-state index is 0.301. The molecule has 1 N–H and O–H groups in total. The fraction of sp³-hybridized carbons (Fsp3) is 0.625. The summed E-state index contributed by atoms with van der Waals surface area (Å²) in [6.07, 6.45) is 3.54. The third-order valence-electron chi connectivity index (χ3n) is 4.87. The van der Waals surface area contributed by atoms with Gasteiger partial charge in [0.25, 0.3) is 0 Å². The minimum atomic E-state index is 0.301. The molecule has 104 valence electrons. The van der Waals surface area contributed by atoms with Crippen LogP contribution >= 0.6 is 0 Å². The van der Waals surface area contributed by atoms with E-state index in [4.69, 9.17) is 0 Å². The molecule has 1 aromatic carbocycles. The van der Waals surface area contributed by atoms with E-state index >= 15 is 0 Å². The minimum Gasteiger partial charge on any atom is -0.395 e. The Kier molecular flexibility index (Phi) is 3.87. The van der Waals surface area contributed by atoms with Crippen LogP contribution in [0.25, 0.3) is 0 Å². The van der Waals surface area contributed by atoms with Crippen LogP contribution < -0.4 is 0 Å². The zero-order valence-corrected chi connectivity index (χ0v) is 11.8. The first-order valence-electron chi connectivity index (χ1n) is 7.40. The van der Waals surface area contributed by atoms with Crippen LogP contribution in [0.2, 0.25) is 0 Å². The average Bonchev–Trinajstić information content (AvgIpc) is 2.79. The number of hydrogen-bond acceptors (Lipinski definition) is 3. The van der Waals surface area contributed by atoms with Crippen molar-refractivity contribution in [1.82, 2.24) is 9.80 Å². The van der Waals surface area contributed by atoms with Crippen LogP contribution in [0, 0.1) is 0 Å². The highest BCUT2D eigenvalue weighted by Crippen LogP contribution is 2.25. The number of aliphatic hydroxyl groups is 1. The molecule has 2 heterocycles. The highest BCUT2D eigenvalue weighted by Gasteiger charge is 2.31.